The summed E-state index contributed by atoms with van der Waals surface area (Å²) in [7, 11) is -0.489. The van der Waals surface area contributed by atoms with Crippen molar-refractivity contribution in [3.63, 3.8) is 0 Å². The van der Waals surface area contributed by atoms with Crippen LogP contribution in [0.1, 0.15) is 32.1 Å². The van der Waals surface area contributed by atoms with E-state index >= 15 is 0 Å². The standard InChI is InChI=1S/C13H21O4P/c1-16-18(15,17-2)8-12(14)13-6-9-3-10(7-13)5-11(13)4-9/h9-11H,3-8H2,1-2H3. The highest BCUT2D eigenvalue weighted by Crippen LogP contribution is 2.66. The second kappa shape index (κ2) is 4.16. The zero-order valence-electron chi connectivity index (χ0n) is 11.1. The molecule has 4 bridgehead atoms. The highest BCUT2D eigenvalue weighted by molar-refractivity contribution is 7.54. The van der Waals surface area contributed by atoms with Crippen molar-refractivity contribution in [2.24, 2.45) is 23.2 Å². The summed E-state index contributed by atoms with van der Waals surface area (Å²) in [6, 6.07) is 0. The van der Waals surface area contributed by atoms with Gasteiger partial charge in [-0.1, -0.05) is 0 Å². The lowest BCUT2D eigenvalue weighted by molar-refractivity contribution is -0.128. The van der Waals surface area contributed by atoms with Gasteiger partial charge in [0.25, 0.3) is 0 Å². The minimum Gasteiger partial charge on any atom is -0.312 e. The predicted molar refractivity (Wildman–Crippen MR) is 67.5 cm³/mol. The van der Waals surface area contributed by atoms with E-state index in [4.69, 9.17) is 9.05 Å². The number of Topliss-reactive ketones (excluding diaryl/α,β-unsaturated/α-hetero) is 1. The van der Waals surface area contributed by atoms with Gasteiger partial charge in [-0.25, -0.2) is 0 Å². The number of carbonyl (C=O) groups is 1. The zero-order valence-corrected chi connectivity index (χ0v) is 11.9. The molecule has 5 heteroatoms. The van der Waals surface area contributed by atoms with E-state index in [-0.39, 0.29) is 17.4 Å². The molecule has 4 rings (SSSR count). The van der Waals surface area contributed by atoms with Crippen molar-refractivity contribution < 1.29 is 18.4 Å². The van der Waals surface area contributed by atoms with Crippen LogP contribution in [0.3, 0.4) is 0 Å². The molecule has 2 unspecified atom stereocenters. The summed E-state index contributed by atoms with van der Waals surface area (Å²) in [5.41, 5.74) is -0.180. The molecule has 0 spiro atoms. The summed E-state index contributed by atoms with van der Waals surface area (Å²) in [5.74, 6) is 2.13. The lowest BCUT2D eigenvalue weighted by atomic mass is 9.73. The third-order valence-corrected chi connectivity index (χ3v) is 7.23. The van der Waals surface area contributed by atoms with Crippen LogP contribution in [0.2, 0.25) is 0 Å². The molecule has 0 N–H and O–H groups in total. The number of ketones is 1. The largest absolute Gasteiger partial charge is 0.337 e. The Morgan fingerprint density at radius 2 is 1.72 bits per heavy atom. The van der Waals surface area contributed by atoms with Crippen LogP contribution >= 0.6 is 7.60 Å². The fraction of sp³-hybridized carbons (Fsp3) is 0.923. The Bertz CT molecular complexity index is 397. The predicted octanol–water partition coefficient (Wildman–Crippen LogP) is 2.87. The zero-order chi connectivity index (χ0) is 13.0. The SMILES string of the molecule is COP(=O)(CC(=O)C12CC3CC(CC1C3)C2)OC. The minimum absolute atomic E-state index is 0.0457. The van der Waals surface area contributed by atoms with Crippen molar-refractivity contribution in [2.45, 2.75) is 32.1 Å². The number of carbonyl (C=O) groups excluding carboxylic acids is 1. The van der Waals surface area contributed by atoms with E-state index in [0.29, 0.717) is 5.92 Å². The quantitative estimate of drug-likeness (QED) is 0.722. The van der Waals surface area contributed by atoms with E-state index in [1.54, 1.807) is 0 Å². The van der Waals surface area contributed by atoms with E-state index in [1.165, 1.54) is 33.5 Å². The van der Waals surface area contributed by atoms with E-state index in [9.17, 15) is 9.36 Å². The number of rotatable bonds is 5. The minimum atomic E-state index is -3.20. The summed E-state index contributed by atoms with van der Waals surface area (Å²) in [6.45, 7) is 0. The molecule has 0 radical (unpaired) electrons. The van der Waals surface area contributed by atoms with Gasteiger partial charge in [-0.2, -0.15) is 0 Å². The molecule has 4 aliphatic rings. The normalized spacial score (nSPS) is 41.6. The van der Waals surface area contributed by atoms with Crippen molar-refractivity contribution in [2.75, 3.05) is 20.4 Å². The third-order valence-electron chi connectivity index (χ3n) is 5.44. The molecule has 0 heterocycles. The van der Waals surface area contributed by atoms with Gasteiger partial charge in [0, 0.05) is 19.6 Å². The van der Waals surface area contributed by atoms with Gasteiger partial charge in [0.1, 0.15) is 6.16 Å². The highest BCUT2D eigenvalue weighted by atomic mass is 31.2. The molecular weight excluding hydrogens is 251 g/mol. The molecular formula is C13H21O4P. The van der Waals surface area contributed by atoms with E-state index < -0.39 is 7.60 Å². The van der Waals surface area contributed by atoms with Crippen molar-refractivity contribution >= 4 is 13.4 Å². The Labute approximate surface area is 108 Å². The van der Waals surface area contributed by atoms with Crippen LogP contribution in [0.5, 0.6) is 0 Å². The van der Waals surface area contributed by atoms with Gasteiger partial charge in [0.05, 0.1) is 0 Å². The summed E-state index contributed by atoms with van der Waals surface area (Å²) < 4.78 is 22.0. The lowest BCUT2D eigenvalue weighted by Gasteiger charge is -2.32. The van der Waals surface area contributed by atoms with Gasteiger partial charge in [-0.15, -0.1) is 0 Å². The van der Waals surface area contributed by atoms with Gasteiger partial charge in [-0.05, 0) is 49.9 Å². The molecule has 2 atom stereocenters. The second-order valence-electron chi connectivity index (χ2n) is 6.26. The van der Waals surface area contributed by atoms with Gasteiger partial charge in [0.2, 0.25) is 0 Å². The number of hydrogen-bond acceptors (Lipinski definition) is 4. The van der Waals surface area contributed by atoms with Crippen molar-refractivity contribution in [1.29, 1.82) is 0 Å². The van der Waals surface area contributed by atoms with Gasteiger partial charge in [0.15, 0.2) is 5.78 Å². The van der Waals surface area contributed by atoms with E-state index in [0.717, 1.165) is 24.7 Å². The fourth-order valence-electron chi connectivity index (χ4n) is 4.79. The Morgan fingerprint density at radius 1 is 1.17 bits per heavy atom. The monoisotopic (exact) mass is 272 g/mol. The van der Waals surface area contributed by atoms with Crippen molar-refractivity contribution in [1.82, 2.24) is 0 Å². The molecule has 4 fully saturated rings. The van der Waals surface area contributed by atoms with Crippen LogP contribution in [0.4, 0.5) is 0 Å². The average Bonchev–Trinajstić information content (AvgIpc) is 2.75. The summed E-state index contributed by atoms with van der Waals surface area (Å²) >= 11 is 0. The van der Waals surface area contributed by atoms with Gasteiger partial charge >= 0.3 is 7.60 Å². The van der Waals surface area contributed by atoms with Crippen molar-refractivity contribution in [3.05, 3.63) is 0 Å². The molecule has 4 nitrogen and oxygen atoms in total. The molecule has 0 saturated heterocycles. The van der Waals surface area contributed by atoms with E-state index in [1.807, 2.05) is 0 Å². The highest BCUT2D eigenvalue weighted by Gasteiger charge is 2.61. The molecule has 4 aliphatic carbocycles. The first kappa shape index (κ1) is 12.8. The number of hydrogen-bond donors (Lipinski definition) is 0. The van der Waals surface area contributed by atoms with Crippen molar-refractivity contribution in [3.8, 4) is 0 Å². The maximum Gasteiger partial charge on any atom is 0.337 e. The Balaban J connectivity index is 1.79. The Hall–Kier alpha value is -0.180. The smallest absolute Gasteiger partial charge is 0.312 e. The Kier molecular flexibility index (Phi) is 2.96. The molecule has 102 valence electrons. The molecule has 0 aromatic heterocycles. The van der Waals surface area contributed by atoms with Crippen LogP contribution < -0.4 is 0 Å². The van der Waals surface area contributed by atoms with Gasteiger partial charge in [-0.3, -0.25) is 9.36 Å². The van der Waals surface area contributed by atoms with Crippen LogP contribution in [-0.4, -0.2) is 26.2 Å². The van der Waals surface area contributed by atoms with Gasteiger partial charge < -0.3 is 9.05 Å². The first-order valence-corrected chi connectivity index (χ1v) is 8.48. The topological polar surface area (TPSA) is 52.6 Å². The maximum atomic E-state index is 12.6. The molecule has 18 heavy (non-hydrogen) atoms. The first-order chi connectivity index (χ1) is 8.51. The fourth-order valence-corrected chi connectivity index (χ4v) is 5.86. The molecule has 0 aliphatic heterocycles. The van der Waals surface area contributed by atoms with Crippen LogP contribution in [0, 0.1) is 23.2 Å². The first-order valence-electron chi connectivity index (χ1n) is 6.75. The molecule has 0 aromatic carbocycles. The summed E-state index contributed by atoms with van der Waals surface area (Å²) in [5, 5.41) is 0. The maximum absolute atomic E-state index is 12.6. The second-order valence-corrected chi connectivity index (χ2v) is 8.53. The van der Waals surface area contributed by atoms with Crippen LogP contribution in [-0.2, 0) is 18.4 Å². The van der Waals surface area contributed by atoms with E-state index in [2.05, 4.69) is 0 Å². The third kappa shape index (κ3) is 1.73. The summed E-state index contributed by atoms with van der Waals surface area (Å²) in [6.07, 6.45) is 5.69. The van der Waals surface area contributed by atoms with Crippen LogP contribution in [0.25, 0.3) is 0 Å². The molecule has 4 saturated carbocycles. The lowest BCUT2D eigenvalue weighted by Crippen LogP contribution is -2.35. The summed E-state index contributed by atoms with van der Waals surface area (Å²) in [4.78, 5) is 12.6. The molecule has 0 amide bonds. The Morgan fingerprint density at radius 3 is 2.22 bits per heavy atom. The molecule has 0 aromatic rings. The average molecular weight is 272 g/mol. The van der Waals surface area contributed by atoms with Crippen LogP contribution in [0.15, 0.2) is 0 Å².